The van der Waals surface area contributed by atoms with Gasteiger partial charge in [0.25, 0.3) is 5.91 Å². The highest BCUT2D eigenvalue weighted by atomic mass is 35.5. The molecule has 0 bridgehead atoms. The minimum Gasteiger partial charge on any atom is -0.298 e. The largest absolute Gasteiger partial charge is 0.298 e. The number of thiazole rings is 1. The van der Waals surface area contributed by atoms with Crippen LogP contribution in [0.15, 0.2) is 66.7 Å². The number of carbonyl (C=O) groups is 1. The smallest absolute Gasteiger partial charge is 0.257 e. The van der Waals surface area contributed by atoms with E-state index >= 15 is 0 Å². The van der Waals surface area contributed by atoms with Crippen molar-refractivity contribution < 1.29 is 4.79 Å². The fraction of sp³-hybridized carbons (Fsp3) is 0.0476. The van der Waals surface area contributed by atoms with Gasteiger partial charge >= 0.3 is 0 Å². The Kier molecular flexibility index (Phi) is 5.12. The Hall–Kier alpha value is -2.40. The molecule has 1 aromatic heterocycles. The van der Waals surface area contributed by atoms with Crippen molar-refractivity contribution in [3.63, 3.8) is 0 Å². The summed E-state index contributed by atoms with van der Waals surface area (Å²) in [4.78, 5) is 16.9. The molecule has 0 atom stereocenters. The van der Waals surface area contributed by atoms with E-state index in [0.29, 0.717) is 26.3 Å². The highest BCUT2D eigenvalue weighted by Gasteiger charge is 2.13. The molecule has 134 valence electrons. The van der Waals surface area contributed by atoms with E-state index in [0.717, 1.165) is 16.7 Å². The van der Waals surface area contributed by atoms with E-state index in [1.807, 2.05) is 42.5 Å². The fourth-order valence-corrected chi connectivity index (χ4v) is 4.19. The number of aromatic nitrogens is 1. The lowest BCUT2D eigenvalue weighted by atomic mass is 10.0. The number of halogens is 2. The number of amides is 1. The van der Waals surface area contributed by atoms with Gasteiger partial charge in [0.05, 0.1) is 14.7 Å². The molecule has 4 rings (SSSR count). The summed E-state index contributed by atoms with van der Waals surface area (Å²) in [6.45, 7) is 0. The topological polar surface area (TPSA) is 42.0 Å². The second-order valence-corrected chi connectivity index (χ2v) is 7.85. The number of carbonyl (C=O) groups excluding carboxylic acids is 1. The molecule has 0 fully saturated rings. The maximum Gasteiger partial charge on any atom is 0.257 e. The summed E-state index contributed by atoms with van der Waals surface area (Å²) in [6, 6.07) is 21.2. The SMILES string of the molecule is O=C(Nc1nc2c(Cl)ccc(Cl)c2s1)c1ccc(Cc2ccccc2)cc1. The molecule has 0 spiro atoms. The third kappa shape index (κ3) is 3.98. The summed E-state index contributed by atoms with van der Waals surface area (Å²) in [5, 5.41) is 4.37. The van der Waals surface area contributed by atoms with E-state index < -0.39 is 0 Å². The van der Waals surface area contributed by atoms with Gasteiger partial charge in [0.15, 0.2) is 5.13 Å². The van der Waals surface area contributed by atoms with Crippen LogP contribution in [-0.4, -0.2) is 10.9 Å². The number of hydrogen-bond donors (Lipinski definition) is 1. The number of nitrogens with one attached hydrogen (secondary N) is 1. The lowest BCUT2D eigenvalue weighted by Gasteiger charge is -2.05. The van der Waals surface area contributed by atoms with Crippen LogP contribution in [-0.2, 0) is 6.42 Å². The standard InChI is InChI=1S/C21H14Cl2N2OS/c22-16-10-11-17(23)19-18(16)24-21(27-19)25-20(26)15-8-6-14(7-9-15)12-13-4-2-1-3-5-13/h1-11H,12H2,(H,24,25,26). The van der Waals surface area contributed by atoms with Crippen LogP contribution in [0.3, 0.4) is 0 Å². The van der Waals surface area contributed by atoms with E-state index in [9.17, 15) is 4.79 Å². The van der Waals surface area contributed by atoms with Gasteiger partial charge in [-0.1, -0.05) is 77.0 Å². The van der Waals surface area contributed by atoms with E-state index in [1.54, 1.807) is 12.1 Å². The first-order valence-corrected chi connectivity index (χ1v) is 9.86. The Morgan fingerprint density at radius 2 is 1.56 bits per heavy atom. The molecule has 4 aromatic rings. The Balaban J connectivity index is 1.50. The predicted octanol–water partition coefficient (Wildman–Crippen LogP) is 6.45. The summed E-state index contributed by atoms with van der Waals surface area (Å²) in [5.74, 6) is -0.215. The van der Waals surface area contributed by atoms with Gasteiger partial charge in [-0.05, 0) is 41.8 Å². The number of rotatable bonds is 4. The van der Waals surface area contributed by atoms with Gasteiger partial charge in [-0.15, -0.1) is 0 Å². The normalized spacial score (nSPS) is 10.9. The van der Waals surface area contributed by atoms with Gasteiger partial charge in [-0.3, -0.25) is 10.1 Å². The third-order valence-corrected chi connectivity index (χ3v) is 5.87. The summed E-state index contributed by atoms with van der Waals surface area (Å²) >= 11 is 13.6. The lowest BCUT2D eigenvalue weighted by molar-refractivity contribution is 0.102. The Bertz CT molecular complexity index is 1070. The lowest BCUT2D eigenvalue weighted by Crippen LogP contribution is -2.11. The van der Waals surface area contributed by atoms with Gasteiger partial charge in [0, 0.05) is 5.56 Å². The molecule has 0 saturated heterocycles. The van der Waals surface area contributed by atoms with Crippen molar-refractivity contribution in [2.24, 2.45) is 0 Å². The molecule has 1 heterocycles. The molecule has 3 aromatic carbocycles. The van der Waals surface area contributed by atoms with E-state index in [1.165, 1.54) is 16.9 Å². The second kappa shape index (κ2) is 7.69. The summed E-state index contributed by atoms with van der Waals surface area (Å²) < 4.78 is 0.762. The molecule has 0 unspecified atom stereocenters. The maximum atomic E-state index is 12.5. The van der Waals surface area contributed by atoms with Crippen molar-refractivity contribution >= 4 is 55.8 Å². The van der Waals surface area contributed by atoms with Crippen molar-refractivity contribution in [1.82, 2.24) is 4.98 Å². The van der Waals surface area contributed by atoms with Gasteiger partial charge in [0.1, 0.15) is 5.52 Å². The monoisotopic (exact) mass is 412 g/mol. The molecule has 0 aliphatic heterocycles. The molecule has 0 radical (unpaired) electrons. The molecular formula is C21H14Cl2N2OS. The first-order valence-electron chi connectivity index (χ1n) is 8.29. The number of nitrogens with zero attached hydrogens (tertiary/aromatic N) is 1. The van der Waals surface area contributed by atoms with Crippen molar-refractivity contribution in [2.45, 2.75) is 6.42 Å². The van der Waals surface area contributed by atoms with Crippen LogP contribution in [0.4, 0.5) is 5.13 Å². The quantitative estimate of drug-likeness (QED) is 0.418. The molecule has 1 N–H and O–H groups in total. The number of hydrogen-bond acceptors (Lipinski definition) is 3. The Morgan fingerprint density at radius 3 is 2.26 bits per heavy atom. The average molecular weight is 413 g/mol. The molecule has 3 nitrogen and oxygen atoms in total. The molecule has 1 amide bonds. The van der Waals surface area contributed by atoms with Crippen LogP contribution < -0.4 is 5.32 Å². The van der Waals surface area contributed by atoms with E-state index in [4.69, 9.17) is 23.2 Å². The predicted molar refractivity (Wildman–Crippen MR) is 113 cm³/mol. The highest BCUT2D eigenvalue weighted by molar-refractivity contribution is 7.23. The highest BCUT2D eigenvalue weighted by Crippen LogP contribution is 2.36. The van der Waals surface area contributed by atoms with Crippen molar-refractivity contribution in [3.05, 3.63) is 93.5 Å². The van der Waals surface area contributed by atoms with Crippen LogP contribution in [0.5, 0.6) is 0 Å². The first-order chi connectivity index (χ1) is 13.1. The molecular weight excluding hydrogens is 399 g/mol. The summed E-state index contributed by atoms with van der Waals surface area (Å²) in [5.41, 5.74) is 3.56. The maximum absolute atomic E-state index is 12.5. The van der Waals surface area contributed by atoms with Crippen molar-refractivity contribution in [2.75, 3.05) is 5.32 Å². The number of benzene rings is 3. The summed E-state index contributed by atoms with van der Waals surface area (Å²) in [6.07, 6.45) is 0.831. The van der Waals surface area contributed by atoms with Crippen LogP contribution in [0.2, 0.25) is 10.0 Å². The Morgan fingerprint density at radius 1 is 0.889 bits per heavy atom. The molecule has 27 heavy (non-hydrogen) atoms. The summed E-state index contributed by atoms with van der Waals surface area (Å²) in [7, 11) is 0. The zero-order valence-electron chi connectivity index (χ0n) is 14.1. The fourth-order valence-electron chi connectivity index (χ4n) is 2.77. The van der Waals surface area contributed by atoms with Crippen LogP contribution in [0, 0.1) is 0 Å². The third-order valence-electron chi connectivity index (χ3n) is 4.13. The average Bonchev–Trinajstić information content (AvgIpc) is 3.11. The molecule has 0 aliphatic rings. The second-order valence-electron chi connectivity index (χ2n) is 6.04. The molecule has 0 aliphatic carbocycles. The zero-order chi connectivity index (χ0) is 18.8. The molecule has 6 heteroatoms. The first kappa shape index (κ1) is 18.0. The van der Waals surface area contributed by atoms with Gasteiger partial charge < -0.3 is 0 Å². The van der Waals surface area contributed by atoms with Crippen molar-refractivity contribution in [1.29, 1.82) is 0 Å². The molecule has 0 saturated carbocycles. The number of anilines is 1. The van der Waals surface area contributed by atoms with Gasteiger partial charge in [0.2, 0.25) is 0 Å². The van der Waals surface area contributed by atoms with Gasteiger partial charge in [-0.25, -0.2) is 4.98 Å². The Labute approximate surface area is 170 Å². The van der Waals surface area contributed by atoms with E-state index in [2.05, 4.69) is 22.4 Å². The zero-order valence-corrected chi connectivity index (χ0v) is 16.4. The number of fused-ring (bicyclic) bond motifs is 1. The van der Waals surface area contributed by atoms with E-state index in [-0.39, 0.29) is 5.91 Å². The van der Waals surface area contributed by atoms with Crippen molar-refractivity contribution in [3.8, 4) is 0 Å². The minimum atomic E-state index is -0.215. The minimum absolute atomic E-state index is 0.215. The van der Waals surface area contributed by atoms with Crippen LogP contribution in [0.1, 0.15) is 21.5 Å². The van der Waals surface area contributed by atoms with Crippen LogP contribution >= 0.6 is 34.5 Å². The van der Waals surface area contributed by atoms with Crippen LogP contribution in [0.25, 0.3) is 10.2 Å². The van der Waals surface area contributed by atoms with Gasteiger partial charge in [-0.2, -0.15) is 0 Å².